The third kappa shape index (κ3) is 7.20. The van der Waals surface area contributed by atoms with Crippen molar-refractivity contribution in [2.75, 3.05) is 20.2 Å². The molecule has 0 saturated carbocycles. The molecule has 0 aliphatic heterocycles. The summed E-state index contributed by atoms with van der Waals surface area (Å²) in [7, 11) is 1.78. The molecule has 2 unspecified atom stereocenters. The predicted octanol–water partition coefficient (Wildman–Crippen LogP) is 2.17. The van der Waals surface area contributed by atoms with Crippen LogP contribution in [0.1, 0.15) is 48.0 Å². The molecule has 0 amide bonds. The van der Waals surface area contributed by atoms with Crippen LogP contribution in [0.5, 0.6) is 0 Å². The van der Waals surface area contributed by atoms with Gasteiger partial charge in [0.25, 0.3) is 0 Å². The highest BCUT2D eigenvalue weighted by atomic mass is 16.5. The Morgan fingerprint density at radius 1 is 1.19 bits per heavy atom. The van der Waals surface area contributed by atoms with E-state index >= 15 is 0 Å². The van der Waals surface area contributed by atoms with E-state index in [1.165, 1.54) is 0 Å². The number of ether oxygens (including phenoxy) is 1. The van der Waals surface area contributed by atoms with Crippen molar-refractivity contribution in [3.63, 3.8) is 0 Å². The molecule has 2 N–H and O–H groups in total. The molecule has 3 heteroatoms. The first-order chi connectivity index (χ1) is 7.22. The lowest BCUT2D eigenvalue weighted by Gasteiger charge is -2.30. The van der Waals surface area contributed by atoms with Gasteiger partial charge in [-0.2, -0.15) is 0 Å². The number of hydrogen-bond donors (Lipinski definition) is 2. The number of rotatable bonds is 7. The van der Waals surface area contributed by atoms with Crippen LogP contribution < -0.4 is 10.6 Å². The average Bonchev–Trinajstić information content (AvgIpc) is 2.22. The van der Waals surface area contributed by atoms with Gasteiger partial charge in [0.2, 0.25) is 0 Å². The fourth-order valence-corrected chi connectivity index (χ4v) is 1.26. The Labute approximate surface area is 101 Å². The minimum Gasteiger partial charge on any atom is -0.377 e. The molecule has 0 aliphatic carbocycles. The number of nitrogens with one attached hydrogen (secondary N) is 2. The zero-order valence-electron chi connectivity index (χ0n) is 12.1. The van der Waals surface area contributed by atoms with Crippen LogP contribution in [0, 0.1) is 0 Å². The second-order valence-electron chi connectivity index (χ2n) is 5.92. The van der Waals surface area contributed by atoms with Gasteiger partial charge in [-0.25, -0.2) is 0 Å². The molecule has 0 radical (unpaired) electrons. The summed E-state index contributed by atoms with van der Waals surface area (Å²) >= 11 is 0. The second-order valence-corrected chi connectivity index (χ2v) is 5.92. The van der Waals surface area contributed by atoms with E-state index in [2.05, 4.69) is 52.2 Å². The summed E-state index contributed by atoms with van der Waals surface area (Å²) in [6.45, 7) is 14.9. The van der Waals surface area contributed by atoms with Crippen LogP contribution in [0.2, 0.25) is 0 Å². The van der Waals surface area contributed by atoms with Crippen molar-refractivity contribution in [3.05, 3.63) is 0 Å². The normalized spacial score (nSPS) is 18.2. The van der Waals surface area contributed by atoms with Crippen molar-refractivity contribution in [2.45, 2.75) is 65.1 Å². The first kappa shape index (κ1) is 15.9. The second kappa shape index (κ2) is 6.58. The topological polar surface area (TPSA) is 33.3 Å². The van der Waals surface area contributed by atoms with Crippen molar-refractivity contribution >= 4 is 0 Å². The molecule has 0 rings (SSSR count). The zero-order valence-corrected chi connectivity index (χ0v) is 12.1. The molecule has 0 aromatic rings. The summed E-state index contributed by atoms with van der Waals surface area (Å²) in [6.07, 6.45) is 1.02. The van der Waals surface area contributed by atoms with Gasteiger partial charge in [-0.1, -0.05) is 6.92 Å². The zero-order chi connectivity index (χ0) is 12.8. The molecule has 0 fully saturated rings. The Hall–Kier alpha value is -0.120. The lowest BCUT2D eigenvalue weighted by molar-refractivity contribution is 0.00195. The maximum absolute atomic E-state index is 5.50. The Bertz CT molecular complexity index is 183. The van der Waals surface area contributed by atoms with E-state index in [1.54, 1.807) is 7.11 Å². The maximum atomic E-state index is 5.50. The summed E-state index contributed by atoms with van der Waals surface area (Å²) in [5, 5.41) is 7.00. The van der Waals surface area contributed by atoms with Gasteiger partial charge in [-0.15, -0.1) is 0 Å². The van der Waals surface area contributed by atoms with Gasteiger partial charge in [0.05, 0.1) is 5.60 Å². The van der Waals surface area contributed by atoms with Crippen molar-refractivity contribution in [1.82, 2.24) is 10.6 Å². The Morgan fingerprint density at radius 2 is 1.75 bits per heavy atom. The summed E-state index contributed by atoms with van der Waals surface area (Å²) in [4.78, 5) is 0. The van der Waals surface area contributed by atoms with E-state index in [0.717, 1.165) is 19.5 Å². The highest BCUT2D eigenvalue weighted by Crippen LogP contribution is 2.12. The van der Waals surface area contributed by atoms with E-state index < -0.39 is 0 Å². The maximum Gasteiger partial charge on any atom is 0.0772 e. The van der Waals surface area contributed by atoms with Gasteiger partial charge in [0, 0.05) is 31.8 Å². The largest absolute Gasteiger partial charge is 0.377 e. The molecule has 0 spiro atoms. The fraction of sp³-hybridized carbons (Fsp3) is 1.00. The molecule has 3 nitrogen and oxygen atoms in total. The predicted molar refractivity (Wildman–Crippen MR) is 70.9 cm³/mol. The molecule has 0 heterocycles. The summed E-state index contributed by atoms with van der Waals surface area (Å²) in [5.41, 5.74) is 0.140. The molecular weight excluding hydrogens is 200 g/mol. The van der Waals surface area contributed by atoms with E-state index in [-0.39, 0.29) is 11.1 Å². The third-order valence-electron chi connectivity index (χ3n) is 3.00. The lowest BCUT2D eigenvalue weighted by atomic mass is 10.0. The number of hydrogen-bond acceptors (Lipinski definition) is 3. The van der Waals surface area contributed by atoms with Crippen molar-refractivity contribution in [1.29, 1.82) is 0 Å². The van der Waals surface area contributed by atoms with Crippen molar-refractivity contribution < 1.29 is 4.74 Å². The first-order valence-corrected chi connectivity index (χ1v) is 6.26. The van der Waals surface area contributed by atoms with Crippen LogP contribution in [0.3, 0.4) is 0 Å². The number of methoxy groups -OCH3 is 1. The average molecular weight is 230 g/mol. The van der Waals surface area contributed by atoms with Gasteiger partial charge in [-0.3, -0.25) is 0 Å². The minimum absolute atomic E-state index is 0.0456. The SMILES string of the molecule is CCC(C)(CNC(C)CNC(C)(C)C)OC. The Balaban J connectivity index is 3.85. The Morgan fingerprint density at radius 3 is 2.12 bits per heavy atom. The quantitative estimate of drug-likeness (QED) is 0.703. The molecule has 2 atom stereocenters. The summed E-state index contributed by atoms with van der Waals surface area (Å²) in [5.74, 6) is 0. The highest BCUT2D eigenvalue weighted by Gasteiger charge is 2.21. The van der Waals surface area contributed by atoms with Crippen LogP contribution in [-0.2, 0) is 4.74 Å². The van der Waals surface area contributed by atoms with E-state index in [0.29, 0.717) is 6.04 Å². The standard InChI is InChI=1S/C13H30N2O/c1-8-13(6,16-7)10-14-11(2)9-15-12(3,4)5/h11,14-15H,8-10H2,1-7H3. The van der Waals surface area contributed by atoms with Gasteiger partial charge >= 0.3 is 0 Å². The molecular formula is C13H30N2O. The van der Waals surface area contributed by atoms with Gasteiger partial charge in [0.15, 0.2) is 0 Å². The van der Waals surface area contributed by atoms with Crippen molar-refractivity contribution in [2.24, 2.45) is 0 Å². The van der Waals surface area contributed by atoms with Gasteiger partial charge in [0.1, 0.15) is 0 Å². The van der Waals surface area contributed by atoms with Crippen LogP contribution in [-0.4, -0.2) is 37.4 Å². The molecule has 0 bridgehead atoms. The third-order valence-corrected chi connectivity index (χ3v) is 3.00. The molecule has 0 aromatic carbocycles. The molecule has 0 aliphatic rings. The van der Waals surface area contributed by atoms with E-state index in [9.17, 15) is 0 Å². The van der Waals surface area contributed by atoms with Crippen LogP contribution in [0.4, 0.5) is 0 Å². The molecule has 98 valence electrons. The van der Waals surface area contributed by atoms with Crippen LogP contribution in [0.25, 0.3) is 0 Å². The minimum atomic E-state index is -0.0456. The Kier molecular flexibility index (Phi) is 6.53. The summed E-state index contributed by atoms with van der Waals surface area (Å²) in [6, 6.07) is 0.459. The molecule has 0 saturated heterocycles. The highest BCUT2D eigenvalue weighted by molar-refractivity contribution is 4.80. The van der Waals surface area contributed by atoms with Crippen molar-refractivity contribution in [3.8, 4) is 0 Å². The van der Waals surface area contributed by atoms with Crippen LogP contribution in [0.15, 0.2) is 0 Å². The molecule has 0 aromatic heterocycles. The molecule has 16 heavy (non-hydrogen) atoms. The van der Waals surface area contributed by atoms with Crippen LogP contribution >= 0.6 is 0 Å². The summed E-state index contributed by atoms with van der Waals surface area (Å²) < 4.78 is 5.50. The monoisotopic (exact) mass is 230 g/mol. The van der Waals surface area contributed by atoms with Gasteiger partial charge < -0.3 is 15.4 Å². The van der Waals surface area contributed by atoms with E-state index in [1.807, 2.05) is 0 Å². The fourth-order valence-electron chi connectivity index (χ4n) is 1.26. The van der Waals surface area contributed by atoms with Gasteiger partial charge in [-0.05, 0) is 41.0 Å². The van der Waals surface area contributed by atoms with E-state index in [4.69, 9.17) is 4.74 Å². The lowest BCUT2D eigenvalue weighted by Crippen LogP contribution is -2.48. The smallest absolute Gasteiger partial charge is 0.0772 e. The first-order valence-electron chi connectivity index (χ1n) is 6.26.